The summed E-state index contributed by atoms with van der Waals surface area (Å²) in [6.45, 7) is 13.4. The Balaban J connectivity index is 2.30. The Morgan fingerprint density at radius 3 is 2.47 bits per heavy atom. The van der Waals surface area contributed by atoms with E-state index in [4.69, 9.17) is 9.47 Å². The molecular weight excluding hydrogens is 228 g/mol. The number of allylic oxidation sites excluding steroid dienone is 1. The predicted octanol–water partition coefficient (Wildman–Crippen LogP) is 4.13. The Hall–Kier alpha value is -0.123. The van der Waals surface area contributed by atoms with Crippen molar-refractivity contribution in [2.75, 3.05) is 13.2 Å². The minimum absolute atomic E-state index is 0.0590. The maximum absolute atomic E-state index is 5.78. The molecule has 1 unspecified atom stereocenters. The first kappa shape index (κ1) is 14.9. The van der Waals surface area contributed by atoms with Crippen molar-refractivity contribution in [1.29, 1.82) is 0 Å². The summed E-state index contributed by atoms with van der Waals surface area (Å²) in [5, 5.41) is 1.62. The molecule has 1 heterocycles. The molecule has 0 bridgehead atoms. The molecule has 1 aliphatic heterocycles. The summed E-state index contributed by atoms with van der Waals surface area (Å²) in [7, 11) is -1.12. The van der Waals surface area contributed by atoms with E-state index >= 15 is 0 Å². The van der Waals surface area contributed by atoms with Gasteiger partial charge in [0.15, 0.2) is 6.29 Å². The van der Waals surface area contributed by atoms with Gasteiger partial charge >= 0.3 is 0 Å². The molecule has 0 saturated carbocycles. The molecule has 0 N–H and O–H groups in total. The second-order valence-electron chi connectivity index (χ2n) is 6.07. The lowest BCUT2D eigenvalue weighted by atomic mass is 10.2. The summed E-state index contributed by atoms with van der Waals surface area (Å²) in [5.41, 5.74) is 1.51. The van der Waals surface area contributed by atoms with Crippen molar-refractivity contribution in [3.8, 4) is 0 Å². The van der Waals surface area contributed by atoms with Crippen molar-refractivity contribution in [3.63, 3.8) is 0 Å². The van der Waals surface area contributed by atoms with Crippen molar-refractivity contribution >= 4 is 8.07 Å². The third kappa shape index (κ3) is 5.36. The Morgan fingerprint density at radius 1 is 1.24 bits per heavy atom. The van der Waals surface area contributed by atoms with E-state index in [1.807, 2.05) is 0 Å². The zero-order chi connectivity index (χ0) is 12.9. The standard InChI is InChI=1S/C14H28O2Si/c1-12(13(2)17(3,4)5)9-11-16-14-8-6-7-10-15-14/h14H,6-11H2,1-5H3. The molecule has 0 aliphatic carbocycles. The van der Waals surface area contributed by atoms with Gasteiger partial charge in [-0.25, -0.2) is 0 Å². The fraction of sp³-hybridized carbons (Fsp3) is 0.857. The van der Waals surface area contributed by atoms with Crippen LogP contribution in [0.1, 0.15) is 39.5 Å². The molecule has 0 aromatic rings. The first-order chi connectivity index (χ1) is 7.91. The van der Waals surface area contributed by atoms with Gasteiger partial charge in [-0.1, -0.05) is 30.4 Å². The Kier molecular flexibility index (Phi) is 5.90. The van der Waals surface area contributed by atoms with Crippen LogP contribution in [0.25, 0.3) is 0 Å². The van der Waals surface area contributed by atoms with Crippen molar-refractivity contribution in [1.82, 2.24) is 0 Å². The highest BCUT2D eigenvalue weighted by molar-refractivity contribution is 6.83. The monoisotopic (exact) mass is 256 g/mol. The number of hydrogen-bond donors (Lipinski definition) is 0. The second-order valence-corrected chi connectivity index (χ2v) is 11.3. The van der Waals surface area contributed by atoms with Gasteiger partial charge in [-0.3, -0.25) is 0 Å². The maximum Gasteiger partial charge on any atom is 0.157 e. The molecule has 1 aliphatic rings. The molecule has 0 spiro atoms. The van der Waals surface area contributed by atoms with Gasteiger partial charge in [-0.2, -0.15) is 0 Å². The van der Waals surface area contributed by atoms with Crippen LogP contribution in [-0.4, -0.2) is 27.6 Å². The van der Waals surface area contributed by atoms with Crippen LogP contribution in [0.2, 0.25) is 19.6 Å². The van der Waals surface area contributed by atoms with Gasteiger partial charge in [-0.05, 0) is 39.5 Å². The third-order valence-electron chi connectivity index (χ3n) is 3.68. The molecule has 2 nitrogen and oxygen atoms in total. The molecule has 3 heteroatoms. The van der Waals surface area contributed by atoms with Crippen LogP contribution in [0.3, 0.4) is 0 Å². The average molecular weight is 256 g/mol. The summed E-state index contributed by atoms with van der Waals surface area (Å²) in [6, 6.07) is 0. The van der Waals surface area contributed by atoms with Crippen LogP contribution in [0.15, 0.2) is 10.8 Å². The number of hydrogen-bond acceptors (Lipinski definition) is 2. The molecule has 1 saturated heterocycles. The lowest BCUT2D eigenvalue weighted by Crippen LogP contribution is -2.25. The second kappa shape index (κ2) is 6.71. The quantitative estimate of drug-likeness (QED) is 0.689. The summed E-state index contributed by atoms with van der Waals surface area (Å²) < 4.78 is 11.3. The topological polar surface area (TPSA) is 18.5 Å². The van der Waals surface area contributed by atoms with Gasteiger partial charge in [0, 0.05) is 6.61 Å². The van der Waals surface area contributed by atoms with Crippen molar-refractivity contribution in [2.45, 2.75) is 65.5 Å². The lowest BCUT2D eigenvalue weighted by molar-refractivity contribution is -0.161. The number of rotatable bonds is 5. The highest BCUT2D eigenvalue weighted by Crippen LogP contribution is 2.20. The Labute approximate surface area is 107 Å². The molecule has 100 valence electrons. The summed E-state index contributed by atoms with van der Waals surface area (Å²) >= 11 is 0. The van der Waals surface area contributed by atoms with Crippen molar-refractivity contribution < 1.29 is 9.47 Å². The van der Waals surface area contributed by atoms with E-state index in [9.17, 15) is 0 Å². The smallest absolute Gasteiger partial charge is 0.157 e. The van der Waals surface area contributed by atoms with Gasteiger partial charge in [0.2, 0.25) is 0 Å². The maximum atomic E-state index is 5.78. The molecule has 0 aromatic heterocycles. The zero-order valence-electron chi connectivity index (χ0n) is 12.1. The highest BCUT2D eigenvalue weighted by atomic mass is 28.3. The summed E-state index contributed by atoms with van der Waals surface area (Å²) in [5.74, 6) is 0. The summed E-state index contributed by atoms with van der Waals surface area (Å²) in [6.07, 6.45) is 4.61. The first-order valence-corrected chi connectivity index (χ1v) is 10.3. The fourth-order valence-electron chi connectivity index (χ4n) is 2.01. The van der Waals surface area contributed by atoms with E-state index in [0.29, 0.717) is 0 Å². The van der Waals surface area contributed by atoms with E-state index < -0.39 is 8.07 Å². The van der Waals surface area contributed by atoms with E-state index in [-0.39, 0.29) is 6.29 Å². The van der Waals surface area contributed by atoms with Crippen LogP contribution < -0.4 is 0 Å². The van der Waals surface area contributed by atoms with E-state index in [2.05, 4.69) is 33.5 Å². The van der Waals surface area contributed by atoms with Crippen LogP contribution in [0.5, 0.6) is 0 Å². The van der Waals surface area contributed by atoms with Gasteiger partial charge in [-0.15, -0.1) is 0 Å². The highest BCUT2D eigenvalue weighted by Gasteiger charge is 2.18. The van der Waals surface area contributed by atoms with E-state index in [1.54, 1.807) is 5.20 Å². The van der Waals surface area contributed by atoms with E-state index in [1.165, 1.54) is 18.4 Å². The predicted molar refractivity (Wildman–Crippen MR) is 75.9 cm³/mol. The fourth-order valence-corrected chi connectivity index (χ4v) is 3.42. The first-order valence-electron chi connectivity index (χ1n) is 6.81. The van der Waals surface area contributed by atoms with Crippen LogP contribution in [0, 0.1) is 0 Å². The molecule has 0 aromatic carbocycles. The van der Waals surface area contributed by atoms with Gasteiger partial charge < -0.3 is 9.47 Å². The Morgan fingerprint density at radius 2 is 1.94 bits per heavy atom. The molecule has 1 atom stereocenters. The van der Waals surface area contributed by atoms with Crippen LogP contribution in [0.4, 0.5) is 0 Å². The van der Waals surface area contributed by atoms with Crippen LogP contribution >= 0.6 is 0 Å². The van der Waals surface area contributed by atoms with Crippen molar-refractivity contribution in [3.05, 3.63) is 10.8 Å². The third-order valence-corrected chi connectivity index (χ3v) is 6.36. The van der Waals surface area contributed by atoms with Gasteiger partial charge in [0.1, 0.15) is 0 Å². The minimum atomic E-state index is -1.12. The zero-order valence-corrected chi connectivity index (χ0v) is 13.1. The largest absolute Gasteiger partial charge is 0.353 e. The Bertz CT molecular complexity index is 260. The van der Waals surface area contributed by atoms with Crippen LogP contribution in [-0.2, 0) is 9.47 Å². The molecule has 17 heavy (non-hydrogen) atoms. The number of ether oxygens (including phenoxy) is 2. The molecule has 0 radical (unpaired) electrons. The molecule has 1 rings (SSSR count). The minimum Gasteiger partial charge on any atom is -0.353 e. The lowest BCUT2D eigenvalue weighted by Gasteiger charge is -2.24. The van der Waals surface area contributed by atoms with E-state index in [0.717, 1.165) is 26.1 Å². The molecular formula is C14H28O2Si. The van der Waals surface area contributed by atoms with Crippen molar-refractivity contribution in [2.24, 2.45) is 0 Å². The normalized spacial score (nSPS) is 23.5. The average Bonchev–Trinajstić information content (AvgIpc) is 2.28. The molecule has 0 amide bonds. The SMILES string of the molecule is CC(CCOC1CCCCO1)=C(C)[Si](C)(C)C. The van der Waals surface area contributed by atoms with Gasteiger partial charge in [0.05, 0.1) is 14.7 Å². The molecule has 1 fully saturated rings. The van der Waals surface area contributed by atoms with Gasteiger partial charge in [0.25, 0.3) is 0 Å². The summed E-state index contributed by atoms with van der Waals surface area (Å²) in [4.78, 5) is 0.